The van der Waals surface area contributed by atoms with Crippen molar-refractivity contribution in [3.8, 4) is 0 Å². The monoisotopic (exact) mass is 448 g/mol. The van der Waals surface area contributed by atoms with Gasteiger partial charge in [-0.2, -0.15) is 11.8 Å². The van der Waals surface area contributed by atoms with E-state index in [9.17, 15) is 0 Å². The summed E-state index contributed by atoms with van der Waals surface area (Å²) in [5.74, 6) is 2.09. The summed E-state index contributed by atoms with van der Waals surface area (Å²) in [5, 5.41) is 12.8. The third-order valence-corrected chi connectivity index (χ3v) is 6.59. The molecule has 7 heteroatoms. The fraction of sp³-hybridized carbons (Fsp3) is 0.400. The van der Waals surface area contributed by atoms with Crippen molar-refractivity contribution in [2.24, 2.45) is 0 Å². The van der Waals surface area contributed by atoms with Crippen LogP contribution >= 0.6 is 11.8 Å². The van der Waals surface area contributed by atoms with Crippen LogP contribution in [0.3, 0.4) is 0 Å². The summed E-state index contributed by atoms with van der Waals surface area (Å²) in [4.78, 5) is 5.09. The van der Waals surface area contributed by atoms with Crippen molar-refractivity contribution < 1.29 is 0 Å². The Kier molecular flexibility index (Phi) is 8.48. The molecule has 4 rings (SSSR count). The van der Waals surface area contributed by atoms with Gasteiger partial charge in [0.15, 0.2) is 5.82 Å². The van der Waals surface area contributed by atoms with Crippen LogP contribution < -0.4 is 0 Å². The van der Waals surface area contributed by atoms with Crippen molar-refractivity contribution in [2.75, 3.05) is 44.7 Å². The maximum absolute atomic E-state index is 4.47. The molecule has 3 aromatic rings. The van der Waals surface area contributed by atoms with E-state index >= 15 is 0 Å². The SMILES string of the molecule is CSCCC(c1nnnn1Cc1ccccc1)N1CCN(C/C=C/c2ccccc2)CC1. The highest BCUT2D eigenvalue weighted by molar-refractivity contribution is 7.98. The number of rotatable bonds is 10. The first-order valence-electron chi connectivity index (χ1n) is 11.3. The number of benzene rings is 2. The van der Waals surface area contributed by atoms with Crippen molar-refractivity contribution in [3.63, 3.8) is 0 Å². The van der Waals surface area contributed by atoms with Gasteiger partial charge >= 0.3 is 0 Å². The van der Waals surface area contributed by atoms with Gasteiger partial charge in [-0.15, -0.1) is 5.10 Å². The molecular weight excluding hydrogens is 416 g/mol. The number of hydrogen-bond donors (Lipinski definition) is 0. The number of hydrogen-bond acceptors (Lipinski definition) is 6. The van der Waals surface area contributed by atoms with Crippen LogP contribution in [0.15, 0.2) is 66.7 Å². The largest absolute Gasteiger partial charge is 0.297 e. The van der Waals surface area contributed by atoms with Crippen LogP contribution in [0.25, 0.3) is 6.08 Å². The lowest BCUT2D eigenvalue weighted by Gasteiger charge is -2.38. The lowest BCUT2D eigenvalue weighted by atomic mass is 10.1. The molecule has 6 nitrogen and oxygen atoms in total. The van der Waals surface area contributed by atoms with E-state index < -0.39 is 0 Å². The quantitative estimate of drug-likeness (QED) is 0.470. The van der Waals surface area contributed by atoms with Gasteiger partial charge in [0.2, 0.25) is 0 Å². The molecule has 0 saturated carbocycles. The maximum atomic E-state index is 4.47. The highest BCUT2D eigenvalue weighted by Crippen LogP contribution is 2.25. The summed E-state index contributed by atoms with van der Waals surface area (Å²) >= 11 is 1.89. The van der Waals surface area contributed by atoms with Crippen LogP contribution in [0.2, 0.25) is 0 Å². The predicted octanol–water partition coefficient (Wildman–Crippen LogP) is 3.85. The molecule has 168 valence electrons. The topological polar surface area (TPSA) is 50.1 Å². The molecule has 0 aliphatic carbocycles. The minimum absolute atomic E-state index is 0.253. The van der Waals surface area contributed by atoms with Crippen LogP contribution in [-0.2, 0) is 6.54 Å². The van der Waals surface area contributed by atoms with E-state index in [2.05, 4.69) is 98.3 Å². The molecule has 2 aromatic carbocycles. The van der Waals surface area contributed by atoms with Crippen molar-refractivity contribution in [1.29, 1.82) is 0 Å². The van der Waals surface area contributed by atoms with Crippen molar-refractivity contribution in [1.82, 2.24) is 30.0 Å². The molecule has 1 saturated heterocycles. The first kappa shape index (κ1) is 22.7. The Morgan fingerprint density at radius 3 is 2.41 bits per heavy atom. The van der Waals surface area contributed by atoms with Gasteiger partial charge in [-0.3, -0.25) is 9.80 Å². The highest BCUT2D eigenvalue weighted by Gasteiger charge is 2.28. The Morgan fingerprint density at radius 2 is 1.69 bits per heavy atom. The molecule has 2 heterocycles. The van der Waals surface area contributed by atoms with Gasteiger partial charge < -0.3 is 0 Å². The molecule has 0 amide bonds. The zero-order valence-electron chi connectivity index (χ0n) is 18.8. The first-order chi connectivity index (χ1) is 15.8. The van der Waals surface area contributed by atoms with E-state index in [4.69, 9.17) is 0 Å². The fourth-order valence-corrected chi connectivity index (χ4v) is 4.64. The third-order valence-electron chi connectivity index (χ3n) is 5.95. The number of thioether (sulfide) groups is 1. The summed E-state index contributed by atoms with van der Waals surface area (Å²) < 4.78 is 1.98. The Balaban J connectivity index is 1.37. The smallest absolute Gasteiger partial charge is 0.168 e. The summed E-state index contributed by atoms with van der Waals surface area (Å²) in [6.07, 6.45) is 7.72. The molecule has 1 unspecified atom stereocenters. The van der Waals surface area contributed by atoms with Crippen LogP contribution in [0.1, 0.15) is 29.4 Å². The predicted molar refractivity (Wildman–Crippen MR) is 133 cm³/mol. The van der Waals surface area contributed by atoms with Gasteiger partial charge in [0.05, 0.1) is 12.6 Å². The van der Waals surface area contributed by atoms with Gasteiger partial charge in [0.25, 0.3) is 0 Å². The zero-order valence-corrected chi connectivity index (χ0v) is 19.6. The minimum atomic E-state index is 0.253. The zero-order chi connectivity index (χ0) is 22.0. The number of nitrogens with zero attached hydrogens (tertiary/aromatic N) is 6. The molecule has 1 fully saturated rings. The number of tetrazole rings is 1. The van der Waals surface area contributed by atoms with Gasteiger partial charge in [0.1, 0.15) is 0 Å². The molecule has 0 spiro atoms. The Morgan fingerprint density at radius 1 is 0.969 bits per heavy atom. The number of piperazine rings is 1. The minimum Gasteiger partial charge on any atom is -0.297 e. The van der Waals surface area contributed by atoms with Crippen LogP contribution in [-0.4, -0.2) is 74.7 Å². The second-order valence-electron chi connectivity index (χ2n) is 8.13. The molecule has 0 N–H and O–H groups in total. The average Bonchev–Trinajstić information content (AvgIpc) is 3.29. The van der Waals surface area contributed by atoms with Crippen LogP contribution in [0.4, 0.5) is 0 Å². The number of aromatic nitrogens is 4. The van der Waals surface area contributed by atoms with Crippen molar-refractivity contribution in [2.45, 2.75) is 19.0 Å². The molecule has 1 aliphatic rings. The lowest BCUT2D eigenvalue weighted by Crippen LogP contribution is -2.48. The standard InChI is InChI=1S/C25H32N6S/c1-32-20-14-24(25-26-27-28-31(25)21-23-11-6-3-7-12-23)30-18-16-29(17-19-30)15-8-13-22-9-4-2-5-10-22/h2-13,24H,14-21H2,1H3/b13-8+. The summed E-state index contributed by atoms with van der Waals surface area (Å²) in [6.45, 7) is 5.91. The second-order valence-corrected chi connectivity index (χ2v) is 9.11. The third kappa shape index (κ3) is 6.28. The summed E-state index contributed by atoms with van der Waals surface area (Å²) in [7, 11) is 0. The van der Waals surface area contributed by atoms with E-state index in [1.165, 1.54) is 11.1 Å². The lowest BCUT2D eigenvalue weighted by molar-refractivity contribution is 0.0955. The van der Waals surface area contributed by atoms with Crippen molar-refractivity contribution >= 4 is 17.8 Å². The van der Waals surface area contributed by atoms with Crippen LogP contribution in [0.5, 0.6) is 0 Å². The molecule has 0 radical (unpaired) electrons. The fourth-order valence-electron chi connectivity index (χ4n) is 4.18. The van der Waals surface area contributed by atoms with Gasteiger partial charge in [-0.25, -0.2) is 4.68 Å². The first-order valence-corrected chi connectivity index (χ1v) is 12.7. The normalized spacial score (nSPS) is 16.5. The van der Waals surface area contributed by atoms with E-state index in [1.807, 2.05) is 22.5 Å². The molecule has 1 aromatic heterocycles. The van der Waals surface area contributed by atoms with E-state index in [1.54, 1.807) is 0 Å². The summed E-state index contributed by atoms with van der Waals surface area (Å²) in [6, 6.07) is 21.2. The highest BCUT2D eigenvalue weighted by atomic mass is 32.2. The molecular formula is C25H32N6S. The Labute approximate surface area is 195 Å². The second kappa shape index (κ2) is 11.9. The van der Waals surface area contributed by atoms with E-state index in [0.717, 1.165) is 50.7 Å². The van der Waals surface area contributed by atoms with Gasteiger partial charge in [-0.1, -0.05) is 72.8 Å². The Hall–Kier alpha value is -2.48. The van der Waals surface area contributed by atoms with E-state index in [0.29, 0.717) is 6.54 Å². The van der Waals surface area contributed by atoms with Gasteiger partial charge in [-0.05, 0) is 40.0 Å². The molecule has 1 atom stereocenters. The average molecular weight is 449 g/mol. The van der Waals surface area contributed by atoms with Crippen molar-refractivity contribution in [3.05, 3.63) is 83.7 Å². The molecule has 0 bridgehead atoms. The molecule has 1 aliphatic heterocycles. The Bertz CT molecular complexity index is 951. The maximum Gasteiger partial charge on any atom is 0.168 e. The molecule has 32 heavy (non-hydrogen) atoms. The summed E-state index contributed by atoms with van der Waals surface area (Å²) in [5.41, 5.74) is 2.48. The van der Waals surface area contributed by atoms with Gasteiger partial charge in [0, 0.05) is 32.7 Å². The van der Waals surface area contributed by atoms with Crippen LogP contribution in [0, 0.1) is 0 Å². The van der Waals surface area contributed by atoms with E-state index in [-0.39, 0.29) is 6.04 Å².